The van der Waals surface area contributed by atoms with E-state index in [2.05, 4.69) is 25.3 Å². The Morgan fingerprint density at radius 2 is 2.00 bits per heavy atom. The molecule has 3 aromatic heterocycles. The van der Waals surface area contributed by atoms with Gasteiger partial charge >= 0.3 is 0 Å². The highest BCUT2D eigenvalue weighted by atomic mass is 19.1. The van der Waals surface area contributed by atoms with E-state index in [1.807, 2.05) is 25.3 Å². The van der Waals surface area contributed by atoms with Crippen LogP contribution >= 0.6 is 0 Å². The van der Waals surface area contributed by atoms with E-state index < -0.39 is 11.7 Å². The molecule has 0 aliphatic rings. The second kappa shape index (κ2) is 7.48. The van der Waals surface area contributed by atoms with Crippen LogP contribution in [0, 0.1) is 12.7 Å². The maximum absolute atomic E-state index is 14.3. The Morgan fingerprint density at radius 1 is 1.22 bits per heavy atom. The van der Waals surface area contributed by atoms with Crippen LogP contribution in [0.1, 0.15) is 41.8 Å². The normalized spacial score (nSPS) is 11.0. The van der Waals surface area contributed by atoms with Crippen molar-refractivity contribution >= 4 is 11.9 Å². The molecule has 9 heteroatoms. The lowest BCUT2D eigenvalue weighted by atomic mass is 10.2. The van der Waals surface area contributed by atoms with Gasteiger partial charge in [-0.2, -0.15) is 0 Å². The number of hydrogen-bond donors (Lipinski definition) is 2. The van der Waals surface area contributed by atoms with E-state index in [4.69, 9.17) is 5.73 Å². The molecule has 0 fully saturated rings. The van der Waals surface area contributed by atoms with Crippen molar-refractivity contribution in [3.05, 3.63) is 53.6 Å². The fourth-order valence-corrected chi connectivity index (χ4v) is 2.77. The summed E-state index contributed by atoms with van der Waals surface area (Å²) in [4.78, 5) is 27.6. The van der Waals surface area contributed by atoms with Crippen molar-refractivity contribution in [1.29, 1.82) is 0 Å². The number of carbonyl (C=O) groups is 1. The number of aromatic nitrogens is 5. The number of rotatable bonds is 6. The highest BCUT2D eigenvalue weighted by Crippen LogP contribution is 2.25. The summed E-state index contributed by atoms with van der Waals surface area (Å²) in [5, 5.41) is 3.03. The quantitative estimate of drug-likeness (QED) is 0.690. The lowest BCUT2D eigenvalue weighted by molar-refractivity contribution is 0.0995. The number of nitrogens with one attached hydrogen (secondary N) is 1. The lowest BCUT2D eigenvalue weighted by Gasteiger charge is -2.14. The van der Waals surface area contributed by atoms with Gasteiger partial charge in [0.1, 0.15) is 17.2 Å². The minimum atomic E-state index is -0.585. The summed E-state index contributed by atoms with van der Waals surface area (Å²) >= 11 is 0. The maximum atomic E-state index is 14.3. The third-order valence-electron chi connectivity index (χ3n) is 4.01. The van der Waals surface area contributed by atoms with Crippen LogP contribution < -0.4 is 11.1 Å². The zero-order chi connectivity index (χ0) is 19.6. The fourth-order valence-electron chi connectivity index (χ4n) is 2.77. The van der Waals surface area contributed by atoms with E-state index in [9.17, 15) is 9.18 Å². The Balaban J connectivity index is 1.83. The van der Waals surface area contributed by atoms with Crippen molar-refractivity contribution in [2.24, 2.45) is 5.73 Å². The zero-order valence-electron chi connectivity index (χ0n) is 15.3. The van der Waals surface area contributed by atoms with Gasteiger partial charge in [0, 0.05) is 18.8 Å². The summed E-state index contributed by atoms with van der Waals surface area (Å²) in [6.45, 7) is 6.22. The monoisotopic (exact) mass is 369 g/mol. The molecule has 3 rings (SSSR count). The average Bonchev–Trinajstić information content (AvgIpc) is 3.03. The lowest BCUT2D eigenvalue weighted by Crippen LogP contribution is -2.13. The van der Waals surface area contributed by atoms with Crippen LogP contribution in [0.15, 0.2) is 30.7 Å². The largest absolute Gasteiger partial charge is 0.364 e. The number of anilines is 1. The molecule has 0 atom stereocenters. The van der Waals surface area contributed by atoms with Crippen LogP contribution in [-0.4, -0.2) is 30.4 Å². The summed E-state index contributed by atoms with van der Waals surface area (Å²) < 4.78 is 16.3. The van der Waals surface area contributed by atoms with Crippen molar-refractivity contribution in [2.75, 3.05) is 5.32 Å². The van der Waals surface area contributed by atoms with Gasteiger partial charge in [0.2, 0.25) is 5.95 Å². The molecule has 3 aromatic rings. The first-order valence-corrected chi connectivity index (χ1v) is 8.42. The van der Waals surface area contributed by atoms with Crippen LogP contribution in [0.3, 0.4) is 0 Å². The fraction of sp³-hybridized carbons (Fsp3) is 0.278. The topological polar surface area (TPSA) is 112 Å². The molecule has 27 heavy (non-hydrogen) atoms. The van der Waals surface area contributed by atoms with Gasteiger partial charge in [-0.25, -0.2) is 19.3 Å². The molecule has 3 N–H and O–H groups in total. The van der Waals surface area contributed by atoms with E-state index in [1.165, 1.54) is 6.20 Å². The standard InChI is InChI=1S/C18H20FN7O/c1-10(2)26-11(3)21-9-15(26)16-13(19)8-24-18(25-16)23-7-12-4-5-14(17(20)27)22-6-12/h4-6,8-10H,7H2,1-3H3,(H2,20,27)(H,23,24,25). The highest BCUT2D eigenvalue weighted by molar-refractivity contribution is 5.90. The van der Waals surface area contributed by atoms with Gasteiger partial charge in [-0.15, -0.1) is 0 Å². The van der Waals surface area contributed by atoms with Crippen LogP contribution in [0.2, 0.25) is 0 Å². The molecule has 0 aromatic carbocycles. The predicted molar refractivity (Wildman–Crippen MR) is 98.4 cm³/mol. The Bertz CT molecular complexity index is 966. The average molecular weight is 369 g/mol. The third kappa shape index (κ3) is 3.91. The van der Waals surface area contributed by atoms with Gasteiger partial charge in [0.15, 0.2) is 5.82 Å². The van der Waals surface area contributed by atoms with Crippen LogP contribution in [0.5, 0.6) is 0 Å². The Hall–Kier alpha value is -3.36. The van der Waals surface area contributed by atoms with Crippen molar-refractivity contribution in [3.63, 3.8) is 0 Å². The summed E-state index contributed by atoms with van der Waals surface area (Å²) in [7, 11) is 0. The van der Waals surface area contributed by atoms with Gasteiger partial charge in [-0.1, -0.05) is 6.07 Å². The predicted octanol–water partition coefficient (Wildman–Crippen LogP) is 2.47. The van der Waals surface area contributed by atoms with Crippen LogP contribution in [0.4, 0.5) is 10.3 Å². The third-order valence-corrected chi connectivity index (χ3v) is 4.01. The van der Waals surface area contributed by atoms with Crippen molar-refractivity contribution in [1.82, 2.24) is 24.5 Å². The molecule has 140 valence electrons. The molecule has 3 heterocycles. The van der Waals surface area contributed by atoms with E-state index in [0.29, 0.717) is 12.2 Å². The minimum Gasteiger partial charge on any atom is -0.364 e. The van der Waals surface area contributed by atoms with Crippen molar-refractivity contribution < 1.29 is 9.18 Å². The SMILES string of the molecule is Cc1ncc(-c2nc(NCc3ccc(C(N)=O)nc3)ncc2F)n1C(C)C. The first-order valence-electron chi connectivity index (χ1n) is 8.42. The number of pyridine rings is 1. The molecule has 0 saturated carbocycles. The second-order valence-corrected chi connectivity index (χ2v) is 6.31. The number of carbonyl (C=O) groups excluding carboxylic acids is 1. The number of nitrogens with two attached hydrogens (primary N) is 1. The number of nitrogens with zero attached hydrogens (tertiary/aromatic N) is 5. The van der Waals surface area contributed by atoms with Gasteiger partial charge in [-0.05, 0) is 32.4 Å². The van der Waals surface area contributed by atoms with Gasteiger partial charge in [0.25, 0.3) is 5.91 Å². The van der Waals surface area contributed by atoms with E-state index >= 15 is 0 Å². The smallest absolute Gasteiger partial charge is 0.267 e. The molecule has 8 nitrogen and oxygen atoms in total. The number of amides is 1. The number of imidazole rings is 1. The molecular weight excluding hydrogens is 349 g/mol. The summed E-state index contributed by atoms with van der Waals surface area (Å²) in [6.07, 6.45) is 4.28. The number of hydrogen-bond acceptors (Lipinski definition) is 6. The number of aryl methyl sites for hydroxylation is 1. The molecule has 0 aliphatic carbocycles. The highest BCUT2D eigenvalue weighted by Gasteiger charge is 2.17. The molecule has 0 saturated heterocycles. The Morgan fingerprint density at radius 3 is 2.63 bits per heavy atom. The second-order valence-electron chi connectivity index (χ2n) is 6.31. The summed E-state index contributed by atoms with van der Waals surface area (Å²) in [5.41, 5.74) is 6.94. The zero-order valence-corrected chi connectivity index (χ0v) is 15.3. The number of halogens is 1. The molecular formula is C18H20FN7O. The molecule has 0 bridgehead atoms. The maximum Gasteiger partial charge on any atom is 0.267 e. The molecule has 0 spiro atoms. The first kappa shape index (κ1) is 18.4. The Kier molecular flexibility index (Phi) is 5.11. The molecule has 0 radical (unpaired) electrons. The first-order chi connectivity index (χ1) is 12.9. The minimum absolute atomic E-state index is 0.114. The van der Waals surface area contributed by atoms with Gasteiger partial charge < -0.3 is 15.6 Å². The molecule has 0 unspecified atom stereocenters. The van der Waals surface area contributed by atoms with E-state index in [0.717, 1.165) is 17.6 Å². The van der Waals surface area contributed by atoms with Crippen LogP contribution in [-0.2, 0) is 6.54 Å². The van der Waals surface area contributed by atoms with Gasteiger partial charge in [0.05, 0.1) is 18.1 Å². The summed E-state index contributed by atoms with van der Waals surface area (Å²) in [5.74, 6) is -0.0411. The van der Waals surface area contributed by atoms with E-state index in [1.54, 1.807) is 18.3 Å². The Labute approximate surface area is 155 Å². The number of primary amides is 1. The molecule has 1 amide bonds. The summed E-state index contributed by atoms with van der Waals surface area (Å²) in [6, 6.07) is 3.38. The van der Waals surface area contributed by atoms with E-state index in [-0.39, 0.29) is 23.4 Å². The van der Waals surface area contributed by atoms with Gasteiger partial charge in [-0.3, -0.25) is 9.78 Å². The molecule has 0 aliphatic heterocycles. The van der Waals surface area contributed by atoms with Crippen molar-refractivity contribution in [2.45, 2.75) is 33.4 Å². The van der Waals surface area contributed by atoms with Crippen molar-refractivity contribution in [3.8, 4) is 11.4 Å². The van der Waals surface area contributed by atoms with Crippen LogP contribution in [0.25, 0.3) is 11.4 Å².